The number of fused-ring (bicyclic) bond motifs is 1. The summed E-state index contributed by atoms with van der Waals surface area (Å²) in [7, 11) is 0. The molecule has 1 aromatic carbocycles. The van der Waals surface area contributed by atoms with Crippen molar-refractivity contribution >= 4 is 5.91 Å². The van der Waals surface area contributed by atoms with Crippen molar-refractivity contribution in [3.8, 4) is 0 Å². The highest BCUT2D eigenvalue weighted by Crippen LogP contribution is 2.36. The van der Waals surface area contributed by atoms with Gasteiger partial charge >= 0.3 is 0 Å². The lowest BCUT2D eigenvalue weighted by molar-refractivity contribution is -0.136. The van der Waals surface area contributed by atoms with Crippen LogP contribution in [-0.4, -0.2) is 34.9 Å². The molecule has 1 aromatic heterocycles. The molecule has 4 rings (SSSR count). The number of carbonyl (C=O) groups is 1. The lowest BCUT2D eigenvalue weighted by atomic mass is 9.96. The van der Waals surface area contributed by atoms with Gasteiger partial charge in [-0.2, -0.15) is 0 Å². The summed E-state index contributed by atoms with van der Waals surface area (Å²) in [6, 6.07) is 10.9. The van der Waals surface area contributed by atoms with Gasteiger partial charge in [0.05, 0.1) is 18.2 Å². The second-order valence-corrected chi connectivity index (χ2v) is 7.20. The smallest absolute Gasteiger partial charge is 0.230 e. The molecule has 2 aromatic rings. The minimum Gasteiger partial charge on any atom is -0.333 e. The summed E-state index contributed by atoms with van der Waals surface area (Å²) in [6.45, 7) is 2.41. The maximum atomic E-state index is 13.5. The van der Waals surface area contributed by atoms with E-state index in [1.807, 2.05) is 23.1 Å². The van der Waals surface area contributed by atoms with Crippen molar-refractivity contribution < 1.29 is 9.18 Å². The first-order valence-electron chi connectivity index (χ1n) is 9.42. The summed E-state index contributed by atoms with van der Waals surface area (Å²) >= 11 is 0. The fourth-order valence-corrected chi connectivity index (χ4v) is 4.21. The zero-order valence-electron chi connectivity index (χ0n) is 14.8. The third-order valence-corrected chi connectivity index (χ3v) is 5.57. The molecule has 0 bridgehead atoms. The van der Waals surface area contributed by atoms with Crippen LogP contribution in [0.4, 0.5) is 4.39 Å². The number of pyridine rings is 1. The van der Waals surface area contributed by atoms with Crippen LogP contribution in [0.5, 0.6) is 0 Å². The fraction of sp³-hybridized carbons (Fsp3) is 0.429. The molecule has 2 aliphatic rings. The number of rotatable bonds is 4. The van der Waals surface area contributed by atoms with Gasteiger partial charge in [0.2, 0.25) is 5.91 Å². The van der Waals surface area contributed by atoms with Gasteiger partial charge in [0.25, 0.3) is 0 Å². The molecule has 136 valence electrons. The van der Waals surface area contributed by atoms with E-state index in [0.717, 1.165) is 55.6 Å². The van der Waals surface area contributed by atoms with Gasteiger partial charge in [-0.05, 0) is 74.2 Å². The number of benzene rings is 1. The molecule has 5 heteroatoms. The minimum atomic E-state index is -0.222. The molecule has 1 aliphatic heterocycles. The molecule has 1 atom stereocenters. The van der Waals surface area contributed by atoms with Gasteiger partial charge < -0.3 is 10.2 Å². The van der Waals surface area contributed by atoms with E-state index in [1.54, 1.807) is 18.3 Å². The quantitative estimate of drug-likeness (QED) is 0.919. The van der Waals surface area contributed by atoms with E-state index in [0.29, 0.717) is 6.54 Å². The van der Waals surface area contributed by atoms with Crippen LogP contribution < -0.4 is 5.32 Å². The highest BCUT2D eigenvalue weighted by Gasteiger charge is 2.35. The summed E-state index contributed by atoms with van der Waals surface area (Å²) < 4.78 is 13.5. The van der Waals surface area contributed by atoms with E-state index >= 15 is 0 Å². The lowest BCUT2D eigenvalue weighted by Gasteiger charge is -2.36. The number of piperidine rings is 1. The molecular formula is C21H24FN3O. The van der Waals surface area contributed by atoms with E-state index in [2.05, 4.69) is 10.3 Å². The summed E-state index contributed by atoms with van der Waals surface area (Å²) in [5.41, 5.74) is 2.89. The molecular weight excluding hydrogens is 329 g/mol. The van der Waals surface area contributed by atoms with Crippen molar-refractivity contribution in [3.63, 3.8) is 0 Å². The Morgan fingerprint density at radius 2 is 2.04 bits per heavy atom. The van der Waals surface area contributed by atoms with Crippen molar-refractivity contribution in [2.24, 2.45) is 0 Å². The first-order valence-corrected chi connectivity index (χ1v) is 9.42. The van der Waals surface area contributed by atoms with Crippen LogP contribution in [0.25, 0.3) is 0 Å². The predicted molar refractivity (Wildman–Crippen MR) is 98.1 cm³/mol. The number of aryl methyl sites for hydroxylation is 1. The van der Waals surface area contributed by atoms with Gasteiger partial charge in [-0.25, -0.2) is 4.39 Å². The number of nitrogens with one attached hydrogen (secondary N) is 1. The van der Waals surface area contributed by atoms with Crippen molar-refractivity contribution in [2.75, 3.05) is 13.1 Å². The van der Waals surface area contributed by atoms with Crippen molar-refractivity contribution in [2.45, 2.75) is 44.2 Å². The second-order valence-electron chi connectivity index (χ2n) is 7.20. The molecule has 26 heavy (non-hydrogen) atoms. The van der Waals surface area contributed by atoms with Crippen LogP contribution in [0.1, 0.15) is 42.0 Å². The Kier molecular flexibility index (Phi) is 4.98. The maximum Gasteiger partial charge on any atom is 0.230 e. The molecule has 4 nitrogen and oxygen atoms in total. The van der Waals surface area contributed by atoms with Crippen molar-refractivity contribution in [1.82, 2.24) is 15.2 Å². The largest absolute Gasteiger partial charge is 0.333 e. The number of halogens is 1. The molecule has 1 aliphatic carbocycles. The summed E-state index contributed by atoms with van der Waals surface area (Å²) in [5, 5.41) is 3.37. The Morgan fingerprint density at radius 1 is 1.19 bits per heavy atom. The average molecular weight is 353 g/mol. The Morgan fingerprint density at radius 3 is 2.81 bits per heavy atom. The number of carbonyl (C=O) groups excluding carboxylic acids is 1. The van der Waals surface area contributed by atoms with Crippen LogP contribution >= 0.6 is 0 Å². The summed E-state index contributed by atoms with van der Waals surface area (Å²) in [6.07, 6.45) is 5.23. The first-order chi connectivity index (χ1) is 12.7. The normalized spacial score (nSPS) is 20.0. The maximum absolute atomic E-state index is 13.5. The van der Waals surface area contributed by atoms with E-state index in [-0.39, 0.29) is 23.7 Å². The number of nitrogens with zero attached hydrogens (tertiary/aromatic N) is 2. The summed E-state index contributed by atoms with van der Waals surface area (Å²) in [4.78, 5) is 19.9. The van der Waals surface area contributed by atoms with E-state index in [4.69, 9.17) is 0 Å². The van der Waals surface area contributed by atoms with Crippen LogP contribution in [0.2, 0.25) is 0 Å². The molecule has 0 spiro atoms. The van der Waals surface area contributed by atoms with Crippen LogP contribution in [0.15, 0.2) is 42.6 Å². The average Bonchev–Trinajstić information content (AvgIpc) is 3.10. The van der Waals surface area contributed by atoms with Crippen LogP contribution in [0, 0.1) is 5.82 Å². The second kappa shape index (κ2) is 7.54. The molecule has 0 radical (unpaired) electrons. The van der Waals surface area contributed by atoms with Crippen LogP contribution in [0.3, 0.4) is 0 Å². The summed E-state index contributed by atoms with van der Waals surface area (Å²) in [5.74, 6) is -0.224. The fourth-order valence-electron chi connectivity index (χ4n) is 4.21. The van der Waals surface area contributed by atoms with E-state index in [1.165, 1.54) is 6.07 Å². The molecule has 1 saturated heterocycles. The van der Waals surface area contributed by atoms with E-state index in [9.17, 15) is 9.18 Å². The van der Waals surface area contributed by atoms with Gasteiger partial charge in [0.1, 0.15) is 5.82 Å². The number of amides is 1. The molecule has 1 unspecified atom stereocenters. The third-order valence-electron chi connectivity index (χ3n) is 5.57. The van der Waals surface area contributed by atoms with Gasteiger partial charge in [-0.3, -0.25) is 9.78 Å². The minimum absolute atomic E-state index is 0.160. The zero-order chi connectivity index (χ0) is 17.9. The molecule has 0 saturated carbocycles. The number of aromatic nitrogens is 1. The monoisotopic (exact) mass is 353 g/mol. The predicted octanol–water partition coefficient (Wildman–Crippen LogP) is 3.03. The van der Waals surface area contributed by atoms with Gasteiger partial charge in [-0.15, -0.1) is 0 Å². The zero-order valence-corrected chi connectivity index (χ0v) is 14.8. The topological polar surface area (TPSA) is 45.2 Å². The first kappa shape index (κ1) is 17.2. The van der Waals surface area contributed by atoms with Crippen LogP contribution in [-0.2, 0) is 17.8 Å². The van der Waals surface area contributed by atoms with Crippen molar-refractivity contribution in [1.29, 1.82) is 0 Å². The number of hydrogen-bond acceptors (Lipinski definition) is 3. The van der Waals surface area contributed by atoms with Gasteiger partial charge in [0, 0.05) is 12.2 Å². The standard InChI is InChI=1S/C21H24FN3O/c22-16-5-7-19-15(13-16)4-6-20(19)21(26)25(18-8-11-23-12-9-18)14-17-3-1-2-10-24-17/h1-3,5,7,10,13,18,20,23H,4,6,8-9,11-12,14H2. The molecule has 1 N–H and O–H groups in total. The SMILES string of the molecule is O=C(C1CCc2cc(F)ccc21)N(Cc1ccccn1)C1CCNCC1. The highest BCUT2D eigenvalue weighted by atomic mass is 19.1. The Balaban J connectivity index is 1.60. The molecule has 1 fully saturated rings. The Bertz CT molecular complexity index is 774. The third kappa shape index (κ3) is 3.49. The Labute approximate surface area is 153 Å². The van der Waals surface area contributed by atoms with Gasteiger partial charge in [-0.1, -0.05) is 12.1 Å². The van der Waals surface area contributed by atoms with Crippen molar-refractivity contribution in [3.05, 3.63) is 65.2 Å². The van der Waals surface area contributed by atoms with E-state index < -0.39 is 0 Å². The number of hydrogen-bond donors (Lipinski definition) is 1. The molecule has 1 amide bonds. The Hall–Kier alpha value is -2.27. The lowest BCUT2D eigenvalue weighted by Crippen LogP contribution is -2.47. The van der Waals surface area contributed by atoms with Gasteiger partial charge in [0.15, 0.2) is 0 Å². The molecule has 2 heterocycles. The highest BCUT2D eigenvalue weighted by molar-refractivity contribution is 5.85.